The first kappa shape index (κ1) is 23.2. The standard InChI is InChI=1S/C18H25ClN6O.HI/c1-4-20-18(22-12-14-8-11-23-25(14)3)21-10-9-17(26)24-16-7-5-6-15(19)13(16)2;/h5-8,11H,4,9-10,12H2,1-3H3,(H,24,26)(H2,20,21,22);1H. The van der Waals surface area contributed by atoms with Gasteiger partial charge in [0.15, 0.2) is 5.96 Å². The van der Waals surface area contributed by atoms with Crippen LogP contribution in [0.2, 0.25) is 5.02 Å². The maximum Gasteiger partial charge on any atom is 0.226 e. The van der Waals surface area contributed by atoms with Gasteiger partial charge in [-0.3, -0.25) is 9.48 Å². The van der Waals surface area contributed by atoms with E-state index in [9.17, 15) is 4.79 Å². The third-order valence-corrected chi connectivity index (χ3v) is 4.26. The predicted molar refractivity (Wildman–Crippen MR) is 121 cm³/mol. The number of aryl methyl sites for hydroxylation is 1. The van der Waals surface area contributed by atoms with Crippen LogP contribution in [-0.2, 0) is 18.4 Å². The average molecular weight is 505 g/mol. The summed E-state index contributed by atoms with van der Waals surface area (Å²) in [5.74, 6) is 0.589. The molecular weight excluding hydrogens is 479 g/mol. The molecule has 0 fully saturated rings. The maximum atomic E-state index is 12.1. The number of benzene rings is 1. The highest BCUT2D eigenvalue weighted by molar-refractivity contribution is 14.0. The monoisotopic (exact) mass is 504 g/mol. The molecule has 0 bridgehead atoms. The molecule has 2 rings (SSSR count). The molecule has 9 heteroatoms. The molecule has 0 aliphatic rings. The minimum atomic E-state index is -0.0784. The molecule has 27 heavy (non-hydrogen) atoms. The number of carbonyl (C=O) groups excluding carboxylic acids is 1. The molecule has 2 aromatic rings. The van der Waals surface area contributed by atoms with Crippen molar-refractivity contribution in [3.05, 3.63) is 46.7 Å². The number of guanidine groups is 1. The summed E-state index contributed by atoms with van der Waals surface area (Å²) < 4.78 is 1.79. The number of halogens is 2. The first-order chi connectivity index (χ1) is 12.5. The Morgan fingerprint density at radius 1 is 1.30 bits per heavy atom. The Balaban J connectivity index is 0.00000364. The zero-order valence-electron chi connectivity index (χ0n) is 15.8. The highest BCUT2D eigenvalue weighted by atomic mass is 127. The van der Waals surface area contributed by atoms with E-state index in [0.717, 1.165) is 23.5 Å². The van der Waals surface area contributed by atoms with Gasteiger partial charge in [-0.2, -0.15) is 5.10 Å². The first-order valence-electron chi connectivity index (χ1n) is 8.55. The number of nitrogens with zero attached hydrogens (tertiary/aromatic N) is 3. The van der Waals surface area contributed by atoms with Crippen molar-refractivity contribution in [1.29, 1.82) is 0 Å². The van der Waals surface area contributed by atoms with E-state index in [0.29, 0.717) is 30.5 Å². The van der Waals surface area contributed by atoms with Crippen molar-refractivity contribution >= 4 is 53.1 Å². The molecule has 0 atom stereocenters. The van der Waals surface area contributed by atoms with Crippen molar-refractivity contribution < 1.29 is 4.79 Å². The molecule has 0 unspecified atom stereocenters. The van der Waals surface area contributed by atoms with Gasteiger partial charge in [0.1, 0.15) is 0 Å². The number of anilines is 1. The van der Waals surface area contributed by atoms with Crippen LogP contribution in [0.5, 0.6) is 0 Å². The van der Waals surface area contributed by atoms with Crippen LogP contribution in [-0.4, -0.2) is 34.7 Å². The summed E-state index contributed by atoms with van der Waals surface area (Å²) >= 11 is 6.07. The quantitative estimate of drug-likeness (QED) is 0.307. The smallest absolute Gasteiger partial charge is 0.226 e. The summed E-state index contributed by atoms with van der Waals surface area (Å²) in [4.78, 5) is 16.6. The summed E-state index contributed by atoms with van der Waals surface area (Å²) in [7, 11) is 1.88. The van der Waals surface area contributed by atoms with Gasteiger partial charge in [0.25, 0.3) is 0 Å². The molecule has 0 aliphatic heterocycles. The average Bonchev–Trinajstić information content (AvgIpc) is 3.02. The van der Waals surface area contributed by atoms with E-state index in [-0.39, 0.29) is 29.9 Å². The fourth-order valence-electron chi connectivity index (χ4n) is 2.31. The van der Waals surface area contributed by atoms with Gasteiger partial charge < -0.3 is 16.0 Å². The Kier molecular flexibility index (Phi) is 10.2. The molecule has 0 aliphatic carbocycles. The van der Waals surface area contributed by atoms with Gasteiger partial charge >= 0.3 is 0 Å². The Morgan fingerprint density at radius 2 is 2.07 bits per heavy atom. The van der Waals surface area contributed by atoms with E-state index in [4.69, 9.17) is 11.6 Å². The van der Waals surface area contributed by atoms with Gasteiger partial charge in [-0.1, -0.05) is 17.7 Å². The number of amides is 1. The van der Waals surface area contributed by atoms with Crippen molar-refractivity contribution in [1.82, 2.24) is 20.4 Å². The zero-order chi connectivity index (χ0) is 18.9. The second-order valence-corrected chi connectivity index (χ2v) is 6.19. The lowest BCUT2D eigenvalue weighted by molar-refractivity contribution is -0.116. The fourth-order valence-corrected chi connectivity index (χ4v) is 2.48. The fraction of sp³-hybridized carbons (Fsp3) is 0.389. The summed E-state index contributed by atoms with van der Waals surface area (Å²) in [6.07, 6.45) is 2.06. The van der Waals surface area contributed by atoms with Gasteiger partial charge in [0.2, 0.25) is 5.91 Å². The zero-order valence-corrected chi connectivity index (χ0v) is 18.8. The van der Waals surface area contributed by atoms with Crippen molar-refractivity contribution in [3.8, 4) is 0 Å². The lowest BCUT2D eigenvalue weighted by Gasteiger charge is -2.12. The summed E-state index contributed by atoms with van der Waals surface area (Å²) in [6, 6.07) is 7.38. The molecule has 3 N–H and O–H groups in total. The number of carbonyl (C=O) groups is 1. The van der Waals surface area contributed by atoms with Crippen molar-refractivity contribution in [2.45, 2.75) is 26.8 Å². The van der Waals surface area contributed by atoms with Crippen LogP contribution < -0.4 is 16.0 Å². The minimum absolute atomic E-state index is 0. The van der Waals surface area contributed by atoms with Gasteiger partial charge in [0.05, 0.1) is 12.2 Å². The maximum absolute atomic E-state index is 12.1. The number of hydrogen-bond acceptors (Lipinski definition) is 3. The van der Waals surface area contributed by atoms with Crippen LogP contribution in [0, 0.1) is 6.92 Å². The van der Waals surface area contributed by atoms with Gasteiger partial charge in [-0.25, -0.2) is 4.99 Å². The predicted octanol–water partition coefficient (Wildman–Crippen LogP) is 3.08. The molecule has 0 radical (unpaired) electrons. The Morgan fingerprint density at radius 3 is 2.74 bits per heavy atom. The topological polar surface area (TPSA) is 83.3 Å². The lowest BCUT2D eigenvalue weighted by Crippen LogP contribution is -2.38. The SMILES string of the molecule is CCNC(=NCc1ccnn1C)NCCC(=O)Nc1cccc(Cl)c1C.I. The second kappa shape index (κ2) is 11.8. The van der Waals surface area contributed by atoms with Crippen molar-refractivity contribution in [3.63, 3.8) is 0 Å². The van der Waals surface area contributed by atoms with Gasteiger partial charge in [-0.05, 0) is 37.6 Å². The Bertz CT molecular complexity index is 777. The van der Waals surface area contributed by atoms with Gasteiger partial charge in [0, 0.05) is 43.5 Å². The first-order valence-corrected chi connectivity index (χ1v) is 8.93. The van der Waals surface area contributed by atoms with E-state index in [2.05, 4.69) is 26.0 Å². The molecule has 1 amide bonds. The van der Waals surface area contributed by atoms with E-state index >= 15 is 0 Å². The number of aliphatic imine (C=N–C) groups is 1. The molecule has 148 valence electrons. The summed E-state index contributed by atoms with van der Waals surface area (Å²) in [5.41, 5.74) is 2.61. The minimum Gasteiger partial charge on any atom is -0.357 e. The molecule has 0 saturated carbocycles. The molecule has 1 aromatic carbocycles. The van der Waals surface area contributed by atoms with Crippen LogP contribution in [0.25, 0.3) is 0 Å². The second-order valence-electron chi connectivity index (χ2n) is 5.78. The van der Waals surface area contributed by atoms with Crippen molar-refractivity contribution in [2.24, 2.45) is 12.0 Å². The third-order valence-electron chi connectivity index (χ3n) is 3.85. The normalized spacial score (nSPS) is 10.9. The summed E-state index contributed by atoms with van der Waals surface area (Å²) in [6.45, 7) is 5.61. The van der Waals surface area contributed by atoms with Crippen LogP contribution in [0.1, 0.15) is 24.6 Å². The van der Waals surface area contributed by atoms with E-state index in [1.807, 2.05) is 39.1 Å². The molecule has 0 saturated heterocycles. The van der Waals surface area contributed by atoms with Crippen LogP contribution in [0.4, 0.5) is 5.69 Å². The number of rotatable bonds is 7. The molecule has 7 nitrogen and oxygen atoms in total. The van der Waals surface area contributed by atoms with Crippen LogP contribution >= 0.6 is 35.6 Å². The van der Waals surface area contributed by atoms with E-state index < -0.39 is 0 Å². The van der Waals surface area contributed by atoms with Crippen LogP contribution in [0.15, 0.2) is 35.5 Å². The highest BCUT2D eigenvalue weighted by Gasteiger charge is 2.07. The largest absolute Gasteiger partial charge is 0.357 e. The molecule has 1 aromatic heterocycles. The molecule has 1 heterocycles. The van der Waals surface area contributed by atoms with Gasteiger partial charge in [-0.15, -0.1) is 24.0 Å². The van der Waals surface area contributed by atoms with Crippen LogP contribution in [0.3, 0.4) is 0 Å². The number of hydrogen-bond donors (Lipinski definition) is 3. The third kappa shape index (κ3) is 7.37. The van der Waals surface area contributed by atoms with E-state index in [1.54, 1.807) is 16.9 Å². The lowest BCUT2D eigenvalue weighted by atomic mass is 10.2. The summed E-state index contributed by atoms with van der Waals surface area (Å²) in [5, 5.41) is 14.0. The Labute approximate surface area is 182 Å². The highest BCUT2D eigenvalue weighted by Crippen LogP contribution is 2.22. The van der Waals surface area contributed by atoms with Crippen molar-refractivity contribution in [2.75, 3.05) is 18.4 Å². The number of nitrogens with one attached hydrogen (secondary N) is 3. The van der Waals surface area contributed by atoms with E-state index in [1.165, 1.54) is 0 Å². The Hall–Kier alpha value is -1.81. The molecule has 0 spiro atoms. The molecular formula is C18H26ClIN6O. The number of aromatic nitrogens is 2.